The van der Waals surface area contributed by atoms with Crippen LogP contribution in [0.2, 0.25) is 0 Å². The third kappa shape index (κ3) is 2.57. The van der Waals surface area contributed by atoms with Crippen molar-refractivity contribution in [1.82, 2.24) is 4.31 Å². The summed E-state index contributed by atoms with van der Waals surface area (Å²) in [5.74, 6) is 0. The Balaban J connectivity index is 2.38. The molecule has 0 aliphatic heterocycles. The van der Waals surface area contributed by atoms with Gasteiger partial charge in [-0.2, -0.15) is 12.7 Å². The Morgan fingerprint density at radius 3 is 2.65 bits per heavy atom. The first-order chi connectivity index (χ1) is 7.99. The summed E-state index contributed by atoms with van der Waals surface area (Å²) in [5.41, 5.74) is 0.553. The molecule has 4 nitrogen and oxygen atoms in total. The highest BCUT2D eigenvalue weighted by Gasteiger charge is 2.12. The van der Waals surface area contributed by atoms with Gasteiger partial charge in [-0.15, -0.1) is 0 Å². The van der Waals surface area contributed by atoms with Crippen LogP contribution in [0.4, 0.5) is 5.69 Å². The maximum absolute atomic E-state index is 11.6. The van der Waals surface area contributed by atoms with Crippen LogP contribution in [0.25, 0.3) is 10.8 Å². The summed E-state index contributed by atoms with van der Waals surface area (Å²) in [5, 5.41) is 2.00. The number of anilines is 1. The van der Waals surface area contributed by atoms with Crippen LogP contribution in [0.15, 0.2) is 36.4 Å². The lowest BCUT2D eigenvalue weighted by Crippen LogP contribution is -2.28. The van der Waals surface area contributed by atoms with E-state index in [0.717, 1.165) is 15.1 Å². The molecule has 2 aromatic carbocycles. The third-order valence-electron chi connectivity index (χ3n) is 2.41. The van der Waals surface area contributed by atoms with Gasteiger partial charge >= 0.3 is 10.2 Å². The molecule has 0 amide bonds. The lowest BCUT2D eigenvalue weighted by atomic mass is 10.1. The van der Waals surface area contributed by atoms with Crippen LogP contribution < -0.4 is 4.72 Å². The molecule has 0 heterocycles. The van der Waals surface area contributed by atoms with E-state index in [1.807, 2.05) is 18.2 Å². The molecule has 1 N–H and O–H groups in total. The first-order valence-corrected chi connectivity index (χ1v) is 6.53. The fourth-order valence-electron chi connectivity index (χ4n) is 1.43. The SMILES string of the molecule is CN(C)S(=O)(=O)Nc1ccc2c[c]ccc2c1. The summed E-state index contributed by atoms with van der Waals surface area (Å²) < 4.78 is 26.9. The molecule has 0 aliphatic rings. The average molecular weight is 249 g/mol. The monoisotopic (exact) mass is 249 g/mol. The first kappa shape index (κ1) is 11.9. The minimum Gasteiger partial charge on any atom is -0.271 e. The second-order valence-electron chi connectivity index (χ2n) is 3.88. The molecule has 17 heavy (non-hydrogen) atoms. The average Bonchev–Trinajstić information content (AvgIpc) is 2.28. The molecular weight excluding hydrogens is 236 g/mol. The molecule has 0 aromatic heterocycles. The van der Waals surface area contributed by atoms with Crippen molar-refractivity contribution in [3.63, 3.8) is 0 Å². The Hall–Kier alpha value is -1.59. The third-order valence-corrected chi connectivity index (χ3v) is 3.87. The van der Waals surface area contributed by atoms with Gasteiger partial charge in [0.1, 0.15) is 0 Å². The van der Waals surface area contributed by atoms with Gasteiger partial charge in [-0.1, -0.05) is 18.2 Å². The highest BCUT2D eigenvalue weighted by molar-refractivity contribution is 7.90. The molecule has 0 fully saturated rings. The Kier molecular flexibility index (Phi) is 3.04. The number of fused-ring (bicyclic) bond motifs is 1. The van der Waals surface area contributed by atoms with E-state index in [4.69, 9.17) is 0 Å². The van der Waals surface area contributed by atoms with Crippen LogP contribution in [0.5, 0.6) is 0 Å². The summed E-state index contributed by atoms with van der Waals surface area (Å²) in [6, 6.07) is 13.9. The topological polar surface area (TPSA) is 49.4 Å². The number of hydrogen-bond donors (Lipinski definition) is 1. The van der Waals surface area contributed by atoms with Crippen LogP contribution in [0.3, 0.4) is 0 Å². The van der Waals surface area contributed by atoms with Gasteiger partial charge in [0, 0.05) is 14.1 Å². The second kappa shape index (κ2) is 4.35. The lowest BCUT2D eigenvalue weighted by molar-refractivity contribution is 0.527. The first-order valence-electron chi connectivity index (χ1n) is 5.09. The zero-order valence-electron chi connectivity index (χ0n) is 9.64. The minimum atomic E-state index is -3.44. The molecule has 89 valence electrons. The predicted octanol–water partition coefficient (Wildman–Crippen LogP) is 1.86. The van der Waals surface area contributed by atoms with E-state index >= 15 is 0 Å². The molecule has 0 spiro atoms. The summed E-state index contributed by atoms with van der Waals surface area (Å²) in [6.07, 6.45) is 0. The number of rotatable bonds is 3. The number of benzene rings is 2. The van der Waals surface area contributed by atoms with E-state index in [-0.39, 0.29) is 0 Å². The smallest absolute Gasteiger partial charge is 0.271 e. The van der Waals surface area contributed by atoms with Gasteiger partial charge in [-0.25, -0.2) is 0 Å². The molecule has 2 aromatic rings. The van der Waals surface area contributed by atoms with Gasteiger partial charge in [-0.3, -0.25) is 4.72 Å². The van der Waals surface area contributed by atoms with E-state index in [2.05, 4.69) is 10.8 Å². The molecule has 0 unspecified atom stereocenters. The number of hydrogen-bond acceptors (Lipinski definition) is 2. The quantitative estimate of drug-likeness (QED) is 0.902. The highest BCUT2D eigenvalue weighted by atomic mass is 32.2. The Morgan fingerprint density at radius 2 is 1.94 bits per heavy atom. The van der Waals surface area contributed by atoms with Crippen molar-refractivity contribution in [1.29, 1.82) is 0 Å². The number of nitrogens with one attached hydrogen (secondary N) is 1. The van der Waals surface area contributed by atoms with Crippen molar-refractivity contribution >= 4 is 26.7 Å². The predicted molar refractivity (Wildman–Crippen MR) is 69.0 cm³/mol. The Bertz CT molecular complexity index is 636. The fraction of sp³-hybridized carbons (Fsp3) is 0.167. The molecule has 0 saturated carbocycles. The van der Waals surface area contributed by atoms with Crippen LogP contribution in [0, 0.1) is 6.07 Å². The van der Waals surface area contributed by atoms with E-state index in [0.29, 0.717) is 5.69 Å². The van der Waals surface area contributed by atoms with E-state index in [1.165, 1.54) is 14.1 Å². The lowest BCUT2D eigenvalue weighted by Gasteiger charge is -2.13. The molecule has 0 aliphatic carbocycles. The fourth-order valence-corrected chi connectivity index (χ4v) is 2.04. The van der Waals surface area contributed by atoms with Crippen molar-refractivity contribution < 1.29 is 8.42 Å². The molecule has 1 radical (unpaired) electrons. The van der Waals surface area contributed by atoms with Crippen molar-refractivity contribution in [2.75, 3.05) is 18.8 Å². The zero-order valence-corrected chi connectivity index (χ0v) is 10.5. The van der Waals surface area contributed by atoms with Crippen LogP contribution >= 0.6 is 0 Å². The molecule has 0 bridgehead atoms. The maximum Gasteiger partial charge on any atom is 0.301 e. The standard InChI is InChI=1S/C12H13N2O2S/c1-14(2)17(15,16)13-12-8-7-10-5-3-4-6-11(10)9-12/h4-9,13H,1-2H3. The largest absolute Gasteiger partial charge is 0.301 e. The highest BCUT2D eigenvalue weighted by Crippen LogP contribution is 2.19. The summed E-state index contributed by atoms with van der Waals surface area (Å²) in [7, 11) is -0.475. The van der Waals surface area contributed by atoms with Gasteiger partial charge in [0.15, 0.2) is 0 Å². The maximum atomic E-state index is 11.6. The second-order valence-corrected chi connectivity index (χ2v) is 5.76. The normalized spacial score (nSPS) is 11.9. The molecular formula is C12H13N2O2S. The Labute approximate surface area is 101 Å². The van der Waals surface area contributed by atoms with Crippen molar-refractivity contribution in [3.05, 3.63) is 42.5 Å². The van der Waals surface area contributed by atoms with Gasteiger partial charge in [-0.05, 0) is 35.0 Å². The van der Waals surface area contributed by atoms with Crippen molar-refractivity contribution in [2.45, 2.75) is 0 Å². The number of nitrogens with zero attached hydrogens (tertiary/aromatic N) is 1. The van der Waals surface area contributed by atoms with E-state index in [9.17, 15) is 8.42 Å². The van der Waals surface area contributed by atoms with E-state index in [1.54, 1.807) is 18.2 Å². The zero-order chi connectivity index (χ0) is 12.5. The molecule has 5 heteroatoms. The Morgan fingerprint density at radius 1 is 1.18 bits per heavy atom. The minimum absolute atomic E-state index is 0.553. The summed E-state index contributed by atoms with van der Waals surface area (Å²) in [6.45, 7) is 0. The van der Waals surface area contributed by atoms with Crippen LogP contribution in [-0.2, 0) is 10.2 Å². The molecule has 0 atom stereocenters. The summed E-state index contributed by atoms with van der Waals surface area (Å²) >= 11 is 0. The van der Waals surface area contributed by atoms with Gasteiger partial charge in [0.05, 0.1) is 5.69 Å². The van der Waals surface area contributed by atoms with Crippen molar-refractivity contribution in [3.8, 4) is 0 Å². The van der Waals surface area contributed by atoms with Crippen LogP contribution in [-0.4, -0.2) is 26.8 Å². The summed E-state index contributed by atoms with van der Waals surface area (Å²) in [4.78, 5) is 0. The molecule has 2 rings (SSSR count). The van der Waals surface area contributed by atoms with Crippen LogP contribution in [0.1, 0.15) is 0 Å². The van der Waals surface area contributed by atoms with Crippen molar-refractivity contribution in [2.24, 2.45) is 0 Å². The van der Waals surface area contributed by atoms with E-state index < -0.39 is 10.2 Å². The van der Waals surface area contributed by atoms with Gasteiger partial charge < -0.3 is 0 Å². The molecule has 0 saturated heterocycles. The van der Waals surface area contributed by atoms with Gasteiger partial charge in [0.2, 0.25) is 0 Å². The van der Waals surface area contributed by atoms with Gasteiger partial charge in [0.25, 0.3) is 0 Å².